The molecule has 1 saturated heterocycles. The highest BCUT2D eigenvalue weighted by Gasteiger charge is 2.50. The molecule has 0 radical (unpaired) electrons. The van der Waals surface area contributed by atoms with Crippen LogP contribution in [-0.4, -0.2) is 37.3 Å². The number of hydrogen-bond acceptors (Lipinski definition) is 6. The van der Waals surface area contributed by atoms with Crippen molar-refractivity contribution in [3.05, 3.63) is 12.7 Å². The molecule has 3 N–H and O–H groups in total. The average molecular weight is 261 g/mol. The maximum absolute atomic E-state index is 9.37. The van der Waals surface area contributed by atoms with Gasteiger partial charge < -0.3 is 15.6 Å². The first kappa shape index (κ1) is 11.1. The topological polar surface area (TPSA) is 99.1 Å². The van der Waals surface area contributed by atoms with E-state index in [1.807, 2.05) is 4.57 Å². The zero-order valence-electron chi connectivity index (χ0n) is 10.3. The summed E-state index contributed by atoms with van der Waals surface area (Å²) in [6.45, 7) is 0.0709. The van der Waals surface area contributed by atoms with E-state index in [0.29, 0.717) is 28.8 Å². The van der Waals surface area contributed by atoms with E-state index in [2.05, 4.69) is 15.0 Å². The van der Waals surface area contributed by atoms with Crippen LogP contribution in [0.1, 0.15) is 19.1 Å². The van der Waals surface area contributed by atoms with Gasteiger partial charge in [-0.2, -0.15) is 0 Å². The van der Waals surface area contributed by atoms with Crippen LogP contribution in [0.5, 0.6) is 0 Å². The lowest BCUT2D eigenvalue weighted by Crippen LogP contribution is -2.32. The molecule has 2 aromatic rings. The van der Waals surface area contributed by atoms with Crippen molar-refractivity contribution in [3.63, 3.8) is 0 Å². The molecule has 0 aromatic carbocycles. The Bertz CT molecular complexity index is 626. The van der Waals surface area contributed by atoms with Crippen molar-refractivity contribution in [1.29, 1.82) is 0 Å². The minimum atomic E-state index is -0.102. The van der Waals surface area contributed by atoms with Crippen LogP contribution in [0.3, 0.4) is 0 Å². The van der Waals surface area contributed by atoms with Gasteiger partial charge in [-0.3, -0.25) is 4.57 Å². The van der Waals surface area contributed by atoms with E-state index in [0.717, 1.165) is 12.8 Å². The van der Waals surface area contributed by atoms with Gasteiger partial charge in [0, 0.05) is 5.92 Å². The fourth-order valence-corrected chi connectivity index (χ4v) is 3.25. The lowest BCUT2D eigenvalue weighted by molar-refractivity contribution is -0.0303. The Labute approximate surface area is 109 Å². The van der Waals surface area contributed by atoms with Crippen LogP contribution < -0.4 is 5.73 Å². The van der Waals surface area contributed by atoms with Crippen LogP contribution in [-0.2, 0) is 4.74 Å². The average Bonchev–Trinajstić information content (AvgIpc) is 2.89. The number of anilines is 1. The third kappa shape index (κ3) is 1.42. The van der Waals surface area contributed by atoms with Crippen molar-refractivity contribution in [1.82, 2.24) is 19.5 Å². The molecule has 4 rings (SSSR count). The van der Waals surface area contributed by atoms with Crippen molar-refractivity contribution in [2.45, 2.75) is 25.2 Å². The van der Waals surface area contributed by atoms with E-state index in [-0.39, 0.29) is 18.9 Å². The third-order valence-electron chi connectivity index (χ3n) is 4.38. The Balaban J connectivity index is 1.77. The summed E-state index contributed by atoms with van der Waals surface area (Å²) >= 11 is 0. The first-order valence-electron chi connectivity index (χ1n) is 6.49. The molecule has 7 nitrogen and oxygen atoms in total. The van der Waals surface area contributed by atoms with Gasteiger partial charge in [-0.1, -0.05) is 0 Å². The Kier molecular flexibility index (Phi) is 2.27. The van der Waals surface area contributed by atoms with E-state index >= 15 is 0 Å². The summed E-state index contributed by atoms with van der Waals surface area (Å²) in [7, 11) is 0. The molecule has 0 amide bonds. The summed E-state index contributed by atoms with van der Waals surface area (Å²) in [5, 5.41) is 9.37. The van der Waals surface area contributed by atoms with Gasteiger partial charge in [0.1, 0.15) is 18.1 Å². The zero-order valence-corrected chi connectivity index (χ0v) is 10.3. The first-order valence-corrected chi connectivity index (χ1v) is 6.49. The van der Waals surface area contributed by atoms with Gasteiger partial charge in [0.05, 0.1) is 19.0 Å². The molecule has 0 unspecified atom stereocenters. The second-order valence-corrected chi connectivity index (χ2v) is 5.24. The fourth-order valence-electron chi connectivity index (χ4n) is 3.25. The molecular weight excluding hydrogens is 246 g/mol. The lowest BCUT2D eigenvalue weighted by Gasteiger charge is -2.33. The molecule has 2 aliphatic rings. The van der Waals surface area contributed by atoms with E-state index in [4.69, 9.17) is 10.5 Å². The second-order valence-electron chi connectivity index (χ2n) is 5.24. The van der Waals surface area contributed by atoms with Crippen molar-refractivity contribution >= 4 is 17.0 Å². The highest BCUT2D eigenvalue weighted by Crippen LogP contribution is 2.52. The predicted molar refractivity (Wildman–Crippen MR) is 66.9 cm³/mol. The highest BCUT2D eigenvalue weighted by atomic mass is 16.5. The molecule has 4 atom stereocenters. The molecule has 2 aromatic heterocycles. The molecule has 0 bridgehead atoms. The monoisotopic (exact) mass is 261 g/mol. The quantitative estimate of drug-likeness (QED) is 0.808. The molecule has 3 heterocycles. The standard InChI is InChI=1S/C12H15N5O2/c13-10-9-11(15-4-14-10)17(5-16-9)12-7-2-1-6(7)8(3-18)19-12/h4-8,12,18H,1-3H2,(H2,13,14,15)/t6-,7+,8+,12+/m0/s1. The molecule has 1 aliphatic heterocycles. The van der Waals surface area contributed by atoms with Gasteiger partial charge in [0.2, 0.25) is 0 Å². The number of aromatic nitrogens is 4. The molecule has 1 saturated carbocycles. The third-order valence-corrected chi connectivity index (χ3v) is 4.38. The summed E-state index contributed by atoms with van der Waals surface area (Å²) in [4.78, 5) is 12.5. The molecule has 7 heteroatoms. The Morgan fingerprint density at radius 2 is 2.16 bits per heavy atom. The van der Waals surface area contributed by atoms with Crippen molar-refractivity contribution in [2.75, 3.05) is 12.3 Å². The Hall–Kier alpha value is -1.73. The smallest absolute Gasteiger partial charge is 0.167 e. The van der Waals surface area contributed by atoms with Crippen molar-refractivity contribution in [3.8, 4) is 0 Å². The number of aliphatic hydroxyl groups is 1. The number of fused-ring (bicyclic) bond motifs is 2. The normalized spacial score (nSPS) is 33.3. The Morgan fingerprint density at radius 1 is 1.32 bits per heavy atom. The van der Waals surface area contributed by atoms with Crippen LogP contribution in [0.4, 0.5) is 5.82 Å². The summed E-state index contributed by atoms with van der Waals surface area (Å²) in [6.07, 6.45) is 5.21. The number of imidazole rings is 1. The largest absolute Gasteiger partial charge is 0.394 e. The number of nitrogens with zero attached hydrogens (tertiary/aromatic N) is 4. The molecule has 0 spiro atoms. The van der Waals surface area contributed by atoms with Gasteiger partial charge in [0.15, 0.2) is 11.5 Å². The van der Waals surface area contributed by atoms with Crippen LogP contribution in [0.15, 0.2) is 12.7 Å². The van der Waals surface area contributed by atoms with Gasteiger partial charge in [-0.25, -0.2) is 15.0 Å². The fraction of sp³-hybridized carbons (Fsp3) is 0.583. The minimum absolute atomic E-state index is 0.0691. The van der Waals surface area contributed by atoms with E-state index in [1.54, 1.807) is 6.33 Å². The maximum Gasteiger partial charge on any atom is 0.167 e. The summed E-state index contributed by atoms with van der Waals surface area (Å²) < 4.78 is 7.88. The number of ether oxygens (including phenoxy) is 1. The molecule has 100 valence electrons. The number of nitrogen functional groups attached to an aromatic ring is 1. The van der Waals surface area contributed by atoms with Gasteiger partial charge in [-0.15, -0.1) is 0 Å². The van der Waals surface area contributed by atoms with Crippen LogP contribution in [0, 0.1) is 11.8 Å². The minimum Gasteiger partial charge on any atom is -0.394 e. The van der Waals surface area contributed by atoms with Crippen LogP contribution in [0.25, 0.3) is 11.2 Å². The number of nitrogens with two attached hydrogens (primary N) is 1. The van der Waals surface area contributed by atoms with Crippen molar-refractivity contribution < 1.29 is 9.84 Å². The molecule has 19 heavy (non-hydrogen) atoms. The summed E-state index contributed by atoms with van der Waals surface area (Å²) in [5.41, 5.74) is 7.09. The van der Waals surface area contributed by atoms with E-state index in [1.165, 1.54) is 6.33 Å². The van der Waals surface area contributed by atoms with Crippen molar-refractivity contribution in [2.24, 2.45) is 11.8 Å². The van der Waals surface area contributed by atoms with Gasteiger partial charge >= 0.3 is 0 Å². The first-order chi connectivity index (χ1) is 9.29. The number of rotatable bonds is 2. The Morgan fingerprint density at radius 3 is 2.84 bits per heavy atom. The maximum atomic E-state index is 9.37. The lowest BCUT2D eigenvalue weighted by atomic mass is 9.72. The number of aliphatic hydroxyl groups excluding tert-OH is 1. The molecular formula is C12H15N5O2. The second kappa shape index (κ2) is 3.88. The summed E-state index contributed by atoms with van der Waals surface area (Å²) in [5.74, 6) is 1.27. The van der Waals surface area contributed by atoms with E-state index in [9.17, 15) is 5.11 Å². The van der Waals surface area contributed by atoms with Crippen LogP contribution in [0.2, 0.25) is 0 Å². The summed E-state index contributed by atoms with van der Waals surface area (Å²) in [6, 6.07) is 0. The SMILES string of the molecule is Nc1ncnc2c1ncn2[C@@H]1O[C@H](CO)[C@H]2CC[C@H]21. The van der Waals surface area contributed by atoms with E-state index < -0.39 is 0 Å². The van der Waals surface area contributed by atoms with Crippen LogP contribution >= 0.6 is 0 Å². The number of hydrogen-bond donors (Lipinski definition) is 2. The molecule has 2 fully saturated rings. The van der Waals surface area contributed by atoms with Gasteiger partial charge in [0.25, 0.3) is 0 Å². The zero-order chi connectivity index (χ0) is 13.0. The van der Waals surface area contributed by atoms with Gasteiger partial charge in [-0.05, 0) is 18.8 Å². The highest BCUT2D eigenvalue weighted by molar-refractivity contribution is 5.81. The molecule has 1 aliphatic carbocycles. The predicted octanol–water partition coefficient (Wildman–Crippen LogP) is 0.324.